The standard InChI is InChI=1S/C16H32N2/c1-4-18(13-14-7-6-10-17-12-14)15-8-5-9-16(2,3)11-15/h14-15,17H,4-13H2,1-3H3. The molecule has 1 saturated heterocycles. The van der Waals surface area contributed by atoms with Gasteiger partial charge in [-0.3, -0.25) is 0 Å². The molecule has 0 aromatic rings. The highest BCUT2D eigenvalue weighted by molar-refractivity contribution is 4.86. The second-order valence-electron chi connectivity index (χ2n) is 7.21. The van der Waals surface area contributed by atoms with Gasteiger partial charge in [0.2, 0.25) is 0 Å². The van der Waals surface area contributed by atoms with Gasteiger partial charge in [-0.1, -0.05) is 27.2 Å². The van der Waals surface area contributed by atoms with Crippen molar-refractivity contribution < 1.29 is 0 Å². The van der Waals surface area contributed by atoms with Crippen LogP contribution in [0.5, 0.6) is 0 Å². The maximum atomic E-state index is 3.56. The van der Waals surface area contributed by atoms with Crippen molar-refractivity contribution in [2.45, 2.75) is 65.3 Å². The monoisotopic (exact) mass is 252 g/mol. The minimum absolute atomic E-state index is 0.571. The summed E-state index contributed by atoms with van der Waals surface area (Å²) in [7, 11) is 0. The molecule has 0 aromatic heterocycles. The molecule has 1 N–H and O–H groups in total. The van der Waals surface area contributed by atoms with Gasteiger partial charge in [-0.15, -0.1) is 0 Å². The van der Waals surface area contributed by atoms with E-state index in [9.17, 15) is 0 Å². The quantitative estimate of drug-likeness (QED) is 0.826. The van der Waals surface area contributed by atoms with Crippen LogP contribution in [-0.2, 0) is 0 Å². The van der Waals surface area contributed by atoms with E-state index in [2.05, 4.69) is 31.0 Å². The minimum Gasteiger partial charge on any atom is -0.316 e. The van der Waals surface area contributed by atoms with E-state index in [4.69, 9.17) is 0 Å². The summed E-state index contributed by atoms with van der Waals surface area (Å²) in [4.78, 5) is 2.78. The van der Waals surface area contributed by atoms with Crippen LogP contribution in [-0.4, -0.2) is 37.1 Å². The van der Waals surface area contributed by atoms with E-state index in [1.807, 2.05) is 0 Å². The highest BCUT2D eigenvalue weighted by atomic mass is 15.2. The van der Waals surface area contributed by atoms with Crippen LogP contribution in [0.4, 0.5) is 0 Å². The molecule has 2 nitrogen and oxygen atoms in total. The summed E-state index contributed by atoms with van der Waals surface area (Å²) in [5.74, 6) is 0.892. The SMILES string of the molecule is CCN(CC1CCCNC1)C1CCCC(C)(C)C1. The minimum atomic E-state index is 0.571. The van der Waals surface area contributed by atoms with Crippen LogP contribution in [0.3, 0.4) is 0 Å². The van der Waals surface area contributed by atoms with Gasteiger partial charge in [0.25, 0.3) is 0 Å². The predicted molar refractivity (Wildman–Crippen MR) is 78.9 cm³/mol. The highest BCUT2D eigenvalue weighted by Gasteiger charge is 2.31. The first kappa shape index (κ1) is 14.3. The molecule has 18 heavy (non-hydrogen) atoms. The van der Waals surface area contributed by atoms with Gasteiger partial charge in [-0.25, -0.2) is 0 Å². The van der Waals surface area contributed by atoms with Crippen LogP contribution in [0.15, 0.2) is 0 Å². The molecule has 0 radical (unpaired) electrons. The average Bonchev–Trinajstić information content (AvgIpc) is 2.36. The second-order valence-corrected chi connectivity index (χ2v) is 7.21. The van der Waals surface area contributed by atoms with Crippen molar-refractivity contribution in [3.05, 3.63) is 0 Å². The summed E-state index contributed by atoms with van der Waals surface area (Å²) in [5, 5.41) is 3.56. The molecular formula is C16H32N2. The van der Waals surface area contributed by atoms with Crippen molar-refractivity contribution in [3.63, 3.8) is 0 Å². The molecule has 2 rings (SSSR count). The normalized spacial score (nSPS) is 32.7. The van der Waals surface area contributed by atoms with Crippen molar-refractivity contribution in [2.75, 3.05) is 26.2 Å². The van der Waals surface area contributed by atoms with Crippen LogP contribution in [0.2, 0.25) is 0 Å². The number of nitrogens with one attached hydrogen (secondary N) is 1. The Labute approximate surface area is 114 Å². The Balaban J connectivity index is 1.86. The van der Waals surface area contributed by atoms with Gasteiger partial charge in [0.05, 0.1) is 0 Å². The van der Waals surface area contributed by atoms with Gasteiger partial charge in [0.1, 0.15) is 0 Å². The lowest BCUT2D eigenvalue weighted by Gasteiger charge is -2.42. The number of hydrogen-bond acceptors (Lipinski definition) is 2. The summed E-state index contributed by atoms with van der Waals surface area (Å²) in [6.45, 7) is 12.3. The Morgan fingerprint density at radius 1 is 1.22 bits per heavy atom. The molecule has 2 atom stereocenters. The predicted octanol–water partition coefficient (Wildman–Crippen LogP) is 3.28. The molecule has 2 heteroatoms. The van der Waals surface area contributed by atoms with Gasteiger partial charge < -0.3 is 10.2 Å². The third kappa shape index (κ3) is 3.96. The summed E-state index contributed by atoms with van der Waals surface area (Å²) < 4.78 is 0. The van der Waals surface area contributed by atoms with Gasteiger partial charge in [-0.2, -0.15) is 0 Å². The Kier molecular flexibility index (Phi) is 5.08. The average molecular weight is 252 g/mol. The maximum Gasteiger partial charge on any atom is 0.0100 e. The van der Waals surface area contributed by atoms with Crippen LogP contribution >= 0.6 is 0 Å². The van der Waals surface area contributed by atoms with E-state index < -0.39 is 0 Å². The molecule has 0 aromatic carbocycles. The van der Waals surface area contributed by atoms with Gasteiger partial charge in [0.15, 0.2) is 0 Å². The van der Waals surface area contributed by atoms with Crippen LogP contribution in [0.1, 0.15) is 59.3 Å². The second kappa shape index (κ2) is 6.38. The Morgan fingerprint density at radius 3 is 2.67 bits per heavy atom. The lowest BCUT2D eigenvalue weighted by atomic mass is 9.74. The maximum absolute atomic E-state index is 3.56. The summed E-state index contributed by atoms with van der Waals surface area (Å²) in [6.07, 6.45) is 8.49. The van der Waals surface area contributed by atoms with Gasteiger partial charge >= 0.3 is 0 Å². The molecule has 1 aliphatic heterocycles. The van der Waals surface area contributed by atoms with E-state index in [1.165, 1.54) is 64.7 Å². The number of hydrogen-bond donors (Lipinski definition) is 1. The first-order valence-corrected chi connectivity index (χ1v) is 8.05. The zero-order valence-corrected chi connectivity index (χ0v) is 12.7. The molecule has 2 unspecified atom stereocenters. The fraction of sp³-hybridized carbons (Fsp3) is 1.00. The molecule has 2 fully saturated rings. The molecule has 1 heterocycles. The zero-order valence-electron chi connectivity index (χ0n) is 12.7. The molecule has 1 saturated carbocycles. The molecule has 0 amide bonds. The third-order valence-electron chi connectivity index (χ3n) is 4.99. The fourth-order valence-electron chi connectivity index (χ4n) is 3.92. The van der Waals surface area contributed by atoms with Crippen LogP contribution in [0.25, 0.3) is 0 Å². The van der Waals surface area contributed by atoms with Crippen molar-refractivity contribution in [2.24, 2.45) is 11.3 Å². The molecule has 1 aliphatic carbocycles. The lowest BCUT2D eigenvalue weighted by Crippen LogP contribution is -2.45. The van der Waals surface area contributed by atoms with Crippen molar-refractivity contribution in [1.82, 2.24) is 10.2 Å². The lowest BCUT2D eigenvalue weighted by molar-refractivity contribution is 0.0813. The summed E-state index contributed by atoms with van der Waals surface area (Å²) in [6, 6.07) is 0.848. The molecular weight excluding hydrogens is 220 g/mol. The highest BCUT2D eigenvalue weighted by Crippen LogP contribution is 2.37. The fourth-order valence-corrected chi connectivity index (χ4v) is 3.92. The van der Waals surface area contributed by atoms with E-state index in [-0.39, 0.29) is 0 Å². The Hall–Kier alpha value is -0.0800. The molecule has 2 aliphatic rings. The van der Waals surface area contributed by atoms with Gasteiger partial charge in [-0.05, 0) is 63.1 Å². The Bertz CT molecular complexity index is 243. The smallest absolute Gasteiger partial charge is 0.0100 e. The zero-order chi connectivity index (χ0) is 13.0. The molecule has 106 valence electrons. The van der Waals surface area contributed by atoms with Crippen molar-refractivity contribution in [3.8, 4) is 0 Å². The van der Waals surface area contributed by atoms with E-state index in [0.29, 0.717) is 5.41 Å². The van der Waals surface area contributed by atoms with E-state index >= 15 is 0 Å². The van der Waals surface area contributed by atoms with Gasteiger partial charge in [0, 0.05) is 12.6 Å². The van der Waals surface area contributed by atoms with E-state index in [0.717, 1.165) is 12.0 Å². The number of nitrogens with zero attached hydrogens (tertiary/aromatic N) is 1. The summed E-state index contributed by atoms with van der Waals surface area (Å²) >= 11 is 0. The first-order chi connectivity index (χ1) is 8.61. The topological polar surface area (TPSA) is 15.3 Å². The van der Waals surface area contributed by atoms with E-state index in [1.54, 1.807) is 0 Å². The number of rotatable bonds is 4. The summed E-state index contributed by atoms with van der Waals surface area (Å²) in [5.41, 5.74) is 0.571. The molecule has 0 spiro atoms. The first-order valence-electron chi connectivity index (χ1n) is 8.05. The Morgan fingerprint density at radius 2 is 2.06 bits per heavy atom. The van der Waals surface area contributed by atoms with Crippen molar-refractivity contribution in [1.29, 1.82) is 0 Å². The third-order valence-corrected chi connectivity index (χ3v) is 4.99. The van der Waals surface area contributed by atoms with Crippen LogP contribution < -0.4 is 5.32 Å². The van der Waals surface area contributed by atoms with Crippen molar-refractivity contribution >= 4 is 0 Å². The van der Waals surface area contributed by atoms with Crippen LogP contribution in [0, 0.1) is 11.3 Å². The largest absolute Gasteiger partial charge is 0.316 e. The molecule has 0 bridgehead atoms. The number of piperidine rings is 1.